The van der Waals surface area contributed by atoms with Gasteiger partial charge in [0.2, 0.25) is 5.83 Å². The van der Waals surface area contributed by atoms with E-state index in [1.165, 1.54) is 6.07 Å². The van der Waals surface area contributed by atoms with Gasteiger partial charge in [-0.05, 0) is 24.3 Å². The molecule has 0 aliphatic carbocycles. The summed E-state index contributed by atoms with van der Waals surface area (Å²) in [4.78, 5) is 10.3. The van der Waals surface area contributed by atoms with Gasteiger partial charge in [-0.25, -0.2) is 4.79 Å². The van der Waals surface area contributed by atoms with Gasteiger partial charge in [0.25, 0.3) is 0 Å². The van der Waals surface area contributed by atoms with Crippen LogP contribution in [0.2, 0.25) is 0 Å². The Morgan fingerprint density at radius 1 is 1.22 bits per heavy atom. The molecule has 3 nitrogen and oxygen atoms in total. The molecule has 2 aromatic rings. The fourth-order valence-corrected chi connectivity index (χ4v) is 1.65. The molecule has 1 aromatic heterocycles. The normalized spacial score (nSPS) is 11.6. The smallest absolute Gasteiger partial charge is 0.364 e. The predicted molar refractivity (Wildman–Crippen MR) is 68.6 cm³/mol. The first kappa shape index (κ1) is 12.6. The molecular weight excluding hydrogens is 303 g/mol. The first-order valence-corrected chi connectivity index (χ1v) is 5.82. The van der Waals surface area contributed by atoms with E-state index in [-0.39, 0.29) is 5.76 Å². The quantitative estimate of drug-likeness (QED) is 0.868. The van der Waals surface area contributed by atoms with Gasteiger partial charge in [-0.15, -0.1) is 0 Å². The minimum atomic E-state index is -1.61. The molecule has 2 rings (SSSR count). The lowest BCUT2D eigenvalue weighted by atomic mass is 10.2. The van der Waals surface area contributed by atoms with Crippen LogP contribution in [-0.4, -0.2) is 11.1 Å². The second-order valence-corrected chi connectivity index (χ2v) is 4.42. The molecule has 1 aromatic carbocycles. The van der Waals surface area contributed by atoms with Crippen LogP contribution >= 0.6 is 15.9 Å². The highest BCUT2D eigenvalue weighted by Gasteiger charge is 2.08. The molecule has 0 bridgehead atoms. The van der Waals surface area contributed by atoms with Crippen molar-refractivity contribution < 1.29 is 18.7 Å². The molecule has 0 aliphatic heterocycles. The van der Waals surface area contributed by atoms with E-state index >= 15 is 0 Å². The van der Waals surface area contributed by atoms with Gasteiger partial charge in [-0.3, -0.25) is 0 Å². The Bertz CT molecular complexity index is 599. The molecule has 0 saturated carbocycles. The molecule has 0 atom stereocenters. The molecule has 0 unspecified atom stereocenters. The Hall–Kier alpha value is -1.88. The summed E-state index contributed by atoms with van der Waals surface area (Å²) < 4.78 is 19.1. The molecular formula is C13H8BrFO3. The molecule has 0 fully saturated rings. The van der Waals surface area contributed by atoms with E-state index in [1.54, 1.807) is 6.07 Å². The number of halogens is 2. The van der Waals surface area contributed by atoms with Crippen molar-refractivity contribution in [2.45, 2.75) is 0 Å². The lowest BCUT2D eigenvalue weighted by Gasteiger charge is -1.96. The van der Waals surface area contributed by atoms with Gasteiger partial charge < -0.3 is 9.52 Å². The summed E-state index contributed by atoms with van der Waals surface area (Å²) in [5.74, 6) is -2.16. The van der Waals surface area contributed by atoms with Crippen LogP contribution < -0.4 is 0 Å². The number of hydrogen-bond donors (Lipinski definition) is 1. The Morgan fingerprint density at radius 2 is 1.89 bits per heavy atom. The maximum absolute atomic E-state index is 12.9. The van der Waals surface area contributed by atoms with Crippen molar-refractivity contribution in [2.24, 2.45) is 0 Å². The minimum Gasteiger partial charge on any atom is -0.476 e. The van der Waals surface area contributed by atoms with Crippen LogP contribution in [0, 0.1) is 0 Å². The van der Waals surface area contributed by atoms with Crippen LogP contribution in [0.1, 0.15) is 5.76 Å². The van der Waals surface area contributed by atoms with Crippen LogP contribution in [0.15, 0.2) is 51.1 Å². The Labute approximate surface area is 111 Å². The highest BCUT2D eigenvalue weighted by Crippen LogP contribution is 2.25. The predicted octanol–water partition coefficient (Wildman–Crippen LogP) is 4.10. The van der Waals surface area contributed by atoms with E-state index in [4.69, 9.17) is 9.52 Å². The van der Waals surface area contributed by atoms with Crippen molar-refractivity contribution in [3.05, 3.63) is 52.5 Å². The molecule has 92 valence electrons. The molecule has 5 heteroatoms. The second-order valence-electron chi connectivity index (χ2n) is 3.51. The van der Waals surface area contributed by atoms with Gasteiger partial charge in [0.05, 0.1) is 0 Å². The highest BCUT2D eigenvalue weighted by molar-refractivity contribution is 9.10. The number of benzene rings is 1. The van der Waals surface area contributed by atoms with E-state index in [9.17, 15) is 9.18 Å². The lowest BCUT2D eigenvalue weighted by Crippen LogP contribution is -1.93. The molecule has 18 heavy (non-hydrogen) atoms. The van der Waals surface area contributed by atoms with E-state index in [1.807, 2.05) is 24.3 Å². The maximum atomic E-state index is 12.9. The van der Waals surface area contributed by atoms with Crippen LogP contribution in [0.3, 0.4) is 0 Å². The molecule has 1 heterocycles. The number of carbonyl (C=O) groups is 1. The van der Waals surface area contributed by atoms with Crippen LogP contribution in [0.5, 0.6) is 0 Å². The molecule has 0 spiro atoms. The average Bonchev–Trinajstić information content (AvgIpc) is 2.78. The Morgan fingerprint density at radius 3 is 2.50 bits per heavy atom. The molecule has 0 radical (unpaired) electrons. The number of hydrogen-bond acceptors (Lipinski definition) is 2. The zero-order valence-corrected chi connectivity index (χ0v) is 10.6. The van der Waals surface area contributed by atoms with Crippen LogP contribution in [0.4, 0.5) is 4.39 Å². The third-order valence-electron chi connectivity index (χ3n) is 2.23. The first-order chi connectivity index (χ1) is 8.56. The van der Waals surface area contributed by atoms with Crippen molar-refractivity contribution in [3.63, 3.8) is 0 Å². The average molecular weight is 311 g/mol. The van der Waals surface area contributed by atoms with Crippen molar-refractivity contribution >= 4 is 28.0 Å². The van der Waals surface area contributed by atoms with Crippen molar-refractivity contribution in [1.82, 2.24) is 0 Å². The number of rotatable bonds is 3. The summed E-state index contributed by atoms with van der Waals surface area (Å²) in [6.07, 6.45) is 0.838. The largest absolute Gasteiger partial charge is 0.476 e. The van der Waals surface area contributed by atoms with E-state index in [2.05, 4.69) is 15.9 Å². The third-order valence-corrected chi connectivity index (χ3v) is 2.76. The van der Waals surface area contributed by atoms with Crippen LogP contribution in [-0.2, 0) is 4.79 Å². The number of aliphatic carboxylic acids is 1. The molecule has 0 saturated heterocycles. The van der Waals surface area contributed by atoms with Gasteiger partial charge in [-0.1, -0.05) is 28.1 Å². The topological polar surface area (TPSA) is 50.4 Å². The second kappa shape index (κ2) is 5.18. The summed E-state index contributed by atoms with van der Waals surface area (Å²) >= 11 is 3.32. The minimum absolute atomic E-state index is 0.160. The van der Waals surface area contributed by atoms with Crippen molar-refractivity contribution in [1.29, 1.82) is 0 Å². The lowest BCUT2D eigenvalue weighted by molar-refractivity contribution is -0.134. The summed E-state index contributed by atoms with van der Waals surface area (Å²) in [7, 11) is 0. The van der Waals surface area contributed by atoms with E-state index in [0.717, 1.165) is 16.1 Å². The zero-order chi connectivity index (χ0) is 13.1. The van der Waals surface area contributed by atoms with Gasteiger partial charge in [0.1, 0.15) is 11.5 Å². The molecule has 0 amide bonds. The maximum Gasteiger partial charge on any atom is 0.364 e. The van der Waals surface area contributed by atoms with E-state index < -0.39 is 11.8 Å². The fourth-order valence-electron chi connectivity index (χ4n) is 1.39. The van der Waals surface area contributed by atoms with Crippen LogP contribution in [0.25, 0.3) is 17.4 Å². The number of furan rings is 1. The number of carboxylic acid groups (broad SMARTS) is 1. The summed E-state index contributed by atoms with van der Waals surface area (Å²) in [5, 5.41) is 8.41. The summed E-state index contributed by atoms with van der Waals surface area (Å²) in [6, 6.07) is 10.6. The SMILES string of the molecule is O=C(O)C(F)=Cc1ccc(-c2ccc(Br)cc2)o1. The molecule has 0 aliphatic rings. The monoisotopic (exact) mass is 310 g/mol. The van der Waals surface area contributed by atoms with Crippen molar-refractivity contribution in [2.75, 3.05) is 0 Å². The van der Waals surface area contributed by atoms with Gasteiger partial charge in [0, 0.05) is 16.1 Å². The Balaban J connectivity index is 2.28. The van der Waals surface area contributed by atoms with E-state index in [0.29, 0.717) is 5.76 Å². The molecule has 1 N–H and O–H groups in total. The summed E-state index contributed by atoms with van der Waals surface area (Å²) in [6.45, 7) is 0. The summed E-state index contributed by atoms with van der Waals surface area (Å²) in [5.41, 5.74) is 0.827. The number of carboxylic acids is 1. The van der Waals surface area contributed by atoms with Gasteiger partial charge in [0.15, 0.2) is 0 Å². The van der Waals surface area contributed by atoms with Gasteiger partial charge >= 0.3 is 5.97 Å². The zero-order valence-electron chi connectivity index (χ0n) is 9.06. The van der Waals surface area contributed by atoms with Crippen molar-refractivity contribution in [3.8, 4) is 11.3 Å². The fraction of sp³-hybridized carbons (Fsp3) is 0. The third kappa shape index (κ3) is 2.87. The first-order valence-electron chi connectivity index (χ1n) is 5.02. The van der Waals surface area contributed by atoms with Gasteiger partial charge in [-0.2, -0.15) is 4.39 Å². The Kier molecular flexibility index (Phi) is 3.62. The highest BCUT2D eigenvalue weighted by atomic mass is 79.9. The standard InChI is InChI=1S/C13H8BrFO3/c14-9-3-1-8(2-4-9)12-6-5-10(18-12)7-11(15)13(16)17/h1-7H,(H,16,17).